The van der Waals surface area contributed by atoms with Gasteiger partial charge >= 0.3 is 5.97 Å². The van der Waals surface area contributed by atoms with E-state index < -0.39 is 5.97 Å². The summed E-state index contributed by atoms with van der Waals surface area (Å²) in [7, 11) is 1.57. The van der Waals surface area contributed by atoms with Crippen LogP contribution in [0.1, 0.15) is 29.1 Å². The number of aromatic carboxylic acids is 1. The van der Waals surface area contributed by atoms with Gasteiger partial charge in [0.15, 0.2) is 0 Å². The summed E-state index contributed by atoms with van der Waals surface area (Å²) in [5.74, 6) is -0.325. The van der Waals surface area contributed by atoms with Crippen molar-refractivity contribution in [2.45, 2.75) is 23.3 Å². The fourth-order valence-electron chi connectivity index (χ4n) is 1.99. The molecule has 1 aromatic heterocycles. The summed E-state index contributed by atoms with van der Waals surface area (Å²) >= 11 is 2.67. The molecule has 0 atom stereocenters. The highest BCUT2D eigenvalue weighted by molar-refractivity contribution is 8.01. The summed E-state index contributed by atoms with van der Waals surface area (Å²) in [4.78, 5) is 11.8. The lowest BCUT2D eigenvalue weighted by atomic mass is 10.0. The monoisotopic (exact) mass is 333 g/mol. The SMILES string of the molecule is COc1ccc(-c2c(C(=O)O)sc(SC(C)C)c2C#N)cc1. The second kappa shape index (κ2) is 6.86. The molecule has 0 radical (unpaired) electrons. The van der Waals surface area contributed by atoms with Crippen LogP contribution >= 0.6 is 23.1 Å². The zero-order chi connectivity index (χ0) is 16.3. The van der Waals surface area contributed by atoms with E-state index in [0.717, 1.165) is 15.5 Å². The second-order valence-electron chi connectivity index (χ2n) is 4.78. The number of hydrogen-bond acceptors (Lipinski definition) is 5. The number of nitriles is 1. The van der Waals surface area contributed by atoms with E-state index in [1.807, 2.05) is 13.8 Å². The van der Waals surface area contributed by atoms with Gasteiger partial charge in [-0.2, -0.15) is 5.26 Å². The molecule has 2 rings (SSSR count). The maximum Gasteiger partial charge on any atom is 0.346 e. The Bertz CT molecular complexity index is 727. The van der Waals surface area contributed by atoms with Crippen molar-refractivity contribution in [3.8, 4) is 22.9 Å². The highest BCUT2D eigenvalue weighted by Gasteiger charge is 2.24. The molecule has 1 N–H and O–H groups in total. The van der Waals surface area contributed by atoms with Crippen molar-refractivity contribution < 1.29 is 14.6 Å². The van der Waals surface area contributed by atoms with Crippen molar-refractivity contribution in [2.75, 3.05) is 7.11 Å². The Labute approximate surface area is 137 Å². The van der Waals surface area contributed by atoms with Crippen LogP contribution in [0.3, 0.4) is 0 Å². The Balaban J connectivity index is 2.63. The molecule has 6 heteroatoms. The minimum atomic E-state index is -1.01. The molecule has 0 aliphatic heterocycles. The van der Waals surface area contributed by atoms with Gasteiger partial charge in [-0.3, -0.25) is 0 Å². The maximum absolute atomic E-state index is 11.6. The molecule has 0 unspecified atom stereocenters. The topological polar surface area (TPSA) is 70.3 Å². The van der Waals surface area contributed by atoms with E-state index in [1.165, 1.54) is 11.8 Å². The second-order valence-corrected chi connectivity index (χ2v) is 7.65. The molecule has 0 spiro atoms. The van der Waals surface area contributed by atoms with Gasteiger partial charge in [0.1, 0.15) is 16.7 Å². The average molecular weight is 333 g/mol. The van der Waals surface area contributed by atoms with Crippen molar-refractivity contribution in [3.05, 3.63) is 34.7 Å². The van der Waals surface area contributed by atoms with Crippen LogP contribution < -0.4 is 4.74 Å². The van der Waals surface area contributed by atoms with Crippen molar-refractivity contribution in [2.24, 2.45) is 0 Å². The Hall–Kier alpha value is -1.97. The maximum atomic E-state index is 11.6. The first kappa shape index (κ1) is 16.4. The van der Waals surface area contributed by atoms with Crippen LogP contribution in [0, 0.1) is 11.3 Å². The number of rotatable bonds is 5. The average Bonchev–Trinajstić information content (AvgIpc) is 2.85. The number of thiophene rings is 1. The molecule has 0 aliphatic rings. The normalized spacial score (nSPS) is 10.5. The van der Waals surface area contributed by atoms with Gasteiger partial charge in [0.25, 0.3) is 0 Å². The number of hydrogen-bond donors (Lipinski definition) is 1. The number of ether oxygens (including phenoxy) is 1. The summed E-state index contributed by atoms with van der Waals surface area (Å²) in [5.41, 5.74) is 1.64. The van der Waals surface area contributed by atoms with Crippen molar-refractivity contribution >= 4 is 29.1 Å². The lowest BCUT2D eigenvalue weighted by Gasteiger charge is -2.05. The lowest BCUT2D eigenvalue weighted by Crippen LogP contribution is -1.95. The van der Waals surface area contributed by atoms with Gasteiger partial charge in [-0.15, -0.1) is 23.1 Å². The first-order valence-electron chi connectivity index (χ1n) is 6.59. The van der Waals surface area contributed by atoms with Crippen molar-refractivity contribution in [1.82, 2.24) is 0 Å². The number of benzene rings is 1. The highest BCUT2D eigenvalue weighted by Crippen LogP contribution is 2.43. The predicted molar refractivity (Wildman–Crippen MR) is 89.0 cm³/mol. The third-order valence-corrected chi connectivity index (χ3v) is 5.30. The third-order valence-electron chi connectivity index (χ3n) is 2.90. The van der Waals surface area contributed by atoms with E-state index in [9.17, 15) is 15.2 Å². The predicted octanol–water partition coefficient (Wildman–Crippen LogP) is 4.49. The Morgan fingerprint density at radius 3 is 2.45 bits per heavy atom. The smallest absolute Gasteiger partial charge is 0.346 e. The molecule has 0 bridgehead atoms. The molecule has 0 fully saturated rings. The van der Waals surface area contributed by atoms with Crippen LogP contribution in [0.4, 0.5) is 0 Å². The molecule has 1 aromatic carbocycles. The van der Waals surface area contributed by atoms with Gasteiger partial charge in [0, 0.05) is 10.8 Å². The minimum Gasteiger partial charge on any atom is -0.497 e. The number of nitrogens with zero attached hydrogens (tertiary/aromatic N) is 1. The quantitative estimate of drug-likeness (QED) is 0.816. The van der Waals surface area contributed by atoms with Crippen LogP contribution in [0.5, 0.6) is 5.75 Å². The Kier molecular flexibility index (Phi) is 5.11. The zero-order valence-electron chi connectivity index (χ0n) is 12.4. The Morgan fingerprint density at radius 1 is 1.36 bits per heavy atom. The first-order valence-corrected chi connectivity index (χ1v) is 8.28. The molecule has 4 nitrogen and oxygen atoms in total. The van der Waals surface area contributed by atoms with Gasteiger partial charge in [-0.25, -0.2) is 4.79 Å². The Morgan fingerprint density at radius 2 is 2.00 bits per heavy atom. The summed E-state index contributed by atoms with van der Waals surface area (Å²) in [5, 5.41) is 19.2. The van der Waals surface area contributed by atoms with E-state index in [-0.39, 0.29) is 10.1 Å². The van der Waals surface area contributed by atoms with E-state index >= 15 is 0 Å². The summed E-state index contributed by atoms with van der Waals surface area (Å²) < 4.78 is 5.86. The zero-order valence-corrected chi connectivity index (χ0v) is 14.0. The molecule has 0 amide bonds. The third kappa shape index (κ3) is 3.26. The van der Waals surface area contributed by atoms with Crippen LogP contribution in [0.25, 0.3) is 11.1 Å². The van der Waals surface area contributed by atoms with Gasteiger partial charge in [-0.1, -0.05) is 26.0 Å². The number of thioether (sulfide) groups is 1. The number of carboxylic acids is 1. The van der Waals surface area contributed by atoms with Gasteiger partial charge in [0.2, 0.25) is 0 Å². The molecular weight excluding hydrogens is 318 g/mol. The van der Waals surface area contributed by atoms with E-state index in [0.29, 0.717) is 22.4 Å². The van der Waals surface area contributed by atoms with E-state index in [2.05, 4.69) is 6.07 Å². The van der Waals surface area contributed by atoms with Crippen LogP contribution in [0.2, 0.25) is 0 Å². The molecule has 0 aliphatic carbocycles. The van der Waals surface area contributed by atoms with Crippen LogP contribution in [-0.2, 0) is 0 Å². The molecule has 2 aromatic rings. The van der Waals surface area contributed by atoms with Gasteiger partial charge in [-0.05, 0) is 17.7 Å². The van der Waals surface area contributed by atoms with Crippen LogP contribution in [0.15, 0.2) is 28.5 Å². The standard InChI is InChI=1S/C16H15NO3S2/c1-9(2)21-16-12(8-17)13(14(22-16)15(18)19)10-4-6-11(20-3)7-5-10/h4-7,9H,1-3H3,(H,18,19). The van der Waals surface area contributed by atoms with Crippen LogP contribution in [-0.4, -0.2) is 23.4 Å². The fourth-order valence-corrected chi connectivity index (χ4v) is 4.55. The van der Waals surface area contributed by atoms with E-state index in [4.69, 9.17) is 4.74 Å². The summed E-state index contributed by atoms with van der Waals surface area (Å²) in [6, 6.07) is 9.24. The number of carboxylic acid groups (broad SMARTS) is 1. The molecule has 0 saturated heterocycles. The fraction of sp³-hybridized carbons (Fsp3) is 0.250. The summed E-state index contributed by atoms with van der Waals surface area (Å²) in [6.07, 6.45) is 0. The minimum absolute atomic E-state index is 0.199. The van der Waals surface area contributed by atoms with Crippen molar-refractivity contribution in [1.29, 1.82) is 5.26 Å². The van der Waals surface area contributed by atoms with Crippen molar-refractivity contribution in [3.63, 3.8) is 0 Å². The number of methoxy groups -OCH3 is 1. The van der Waals surface area contributed by atoms with Gasteiger partial charge < -0.3 is 9.84 Å². The molecular formula is C16H15NO3S2. The van der Waals surface area contributed by atoms with E-state index in [1.54, 1.807) is 31.4 Å². The first-order chi connectivity index (χ1) is 10.5. The molecule has 0 saturated carbocycles. The molecule has 22 heavy (non-hydrogen) atoms. The highest BCUT2D eigenvalue weighted by atomic mass is 32.2. The number of carbonyl (C=O) groups is 1. The lowest BCUT2D eigenvalue weighted by molar-refractivity contribution is 0.0703. The molecule has 114 valence electrons. The largest absolute Gasteiger partial charge is 0.497 e. The molecule has 1 heterocycles. The summed E-state index contributed by atoms with van der Waals surface area (Å²) in [6.45, 7) is 4.03. The van der Waals surface area contributed by atoms with Gasteiger partial charge in [0.05, 0.1) is 16.9 Å².